The lowest BCUT2D eigenvalue weighted by Crippen LogP contribution is -2.36. The number of hydrogen-bond acceptors (Lipinski definition) is 7. The smallest absolute Gasteiger partial charge is 0.250 e. The number of aromatic amines is 1. The van der Waals surface area contributed by atoms with Crippen LogP contribution in [0.1, 0.15) is 9.75 Å². The number of rotatable bonds is 5. The molecule has 178 valence electrons. The van der Waals surface area contributed by atoms with Crippen LogP contribution in [-0.4, -0.2) is 31.3 Å². The zero-order valence-corrected chi connectivity index (χ0v) is 21.7. The van der Waals surface area contributed by atoms with Crippen molar-refractivity contribution in [1.29, 1.82) is 0 Å². The first-order valence-electron chi connectivity index (χ1n) is 11.6. The van der Waals surface area contributed by atoms with Crippen LogP contribution in [0.15, 0.2) is 85.0 Å². The molecule has 2 aliphatic heterocycles. The van der Waals surface area contributed by atoms with E-state index in [4.69, 9.17) is 4.74 Å². The Morgan fingerprint density at radius 1 is 0.971 bits per heavy atom. The molecule has 0 bridgehead atoms. The van der Waals surface area contributed by atoms with Crippen LogP contribution >= 0.6 is 34.9 Å². The number of morpholine rings is 1. The normalized spacial score (nSPS) is 14.9. The van der Waals surface area contributed by atoms with E-state index in [1.807, 2.05) is 11.3 Å². The van der Waals surface area contributed by atoms with Crippen LogP contribution in [0.5, 0.6) is 0 Å². The van der Waals surface area contributed by atoms with Crippen molar-refractivity contribution in [2.75, 3.05) is 36.5 Å². The highest BCUT2D eigenvalue weighted by molar-refractivity contribution is 8.05. The fourth-order valence-electron chi connectivity index (χ4n) is 4.37. The highest BCUT2D eigenvalue weighted by atomic mass is 32.2. The molecule has 0 atom stereocenters. The average molecular weight is 520 g/mol. The number of H-pyrrole nitrogens is 1. The predicted molar refractivity (Wildman–Crippen MR) is 147 cm³/mol. The molecule has 35 heavy (non-hydrogen) atoms. The Kier molecular flexibility index (Phi) is 6.37. The first-order valence-corrected chi connectivity index (χ1v) is 14.1. The standard InChI is InChI=1S/C27H25N3O2S3/c1-17-5-7-20(33-17)16-28-18-6-8-23-25(13-18)34-24-4-2-3-21(27(24)35-23)22-14-19(15-26(31)29-22)30-9-11-32-12-10-30/h2-8,13-15,28H,9-12,16H2,1H3,(H,29,31). The van der Waals surface area contributed by atoms with Gasteiger partial charge in [-0.05, 0) is 49.4 Å². The summed E-state index contributed by atoms with van der Waals surface area (Å²) in [7, 11) is 0. The molecule has 0 radical (unpaired) electrons. The van der Waals surface area contributed by atoms with E-state index in [1.165, 1.54) is 29.3 Å². The van der Waals surface area contributed by atoms with Crippen molar-refractivity contribution >= 4 is 46.2 Å². The SMILES string of the molecule is Cc1ccc(CNc2ccc3c(c2)Sc2cccc(-c4cc(N5CCOCC5)cc(=O)[nH]4)c2S3)s1. The van der Waals surface area contributed by atoms with Gasteiger partial charge in [-0.1, -0.05) is 35.7 Å². The number of aromatic nitrogens is 1. The molecule has 4 heterocycles. The quantitative estimate of drug-likeness (QED) is 0.277. The van der Waals surface area contributed by atoms with Gasteiger partial charge in [-0.2, -0.15) is 0 Å². The maximum atomic E-state index is 12.6. The molecule has 2 aromatic carbocycles. The summed E-state index contributed by atoms with van der Waals surface area (Å²) in [6, 6.07) is 21.1. The van der Waals surface area contributed by atoms with Crippen LogP contribution in [0.2, 0.25) is 0 Å². The molecule has 2 N–H and O–H groups in total. The topological polar surface area (TPSA) is 57.4 Å². The maximum Gasteiger partial charge on any atom is 0.250 e. The molecule has 0 saturated carbocycles. The van der Waals surface area contributed by atoms with E-state index in [0.717, 1.165) is 42.3 Å². The largest absolute Gasteiger partial charge is 0.380 e. The summed E-state index contributed by atoms with van der Waals surface area (Å²) in [5.41, 5.74) is 3.93. The van der Waals surface area contributed by atoms with Crippen molar-refractivity contribution in [1.82, 2.24) is 4.98 Å². The van der Waals surface area contributed by atoms with Gasteiger partial charge in [-0.25, -0.2) is 0 Å². The minimum atomic E-state index is -0.0768. The van der Waals surface area contributed by atoms with Crippen molar-refractivity contribution in [3.05, 3.63) is 80.8 Å². The number of aryl methyl sites for hydroxylation is 1. The Morgan fingerprint density at radius 3 is 2.69 bits per heavy atom. The van der Waals surface area contributed by atoms with Gasteiger partial charge in [0.1, 0.15) is 0 Å². The van der Waals surface area contributed by atoms with Crippen molar-refractivity contribution < 1.29 is 4.74 Å². The fourth-order valence-corrected chi connectivity index (χ4v) is 7.61. The van der Waals surface area contributed by atoms with Crippen LogP contribution in [0.4, 0.5) is 11.4 Å². The second-order valence-corrected chi connectivity index (χ2v) is 12.1. The van der Waals surface area contributed by atoms with Crippen LogP contribution in [-0.2, 0) is 11.3 Å². The third-order valence-corrected chi connectivity index (χ3v) is 9.71. The summed E-state index contributed by atoms with van der Waals surface area (Å²) in [6.45, 7) is 5.96. The monoisotopic (exact) mass is 519 g/mol. The molecule has 2 aromatic heterocycles. The van der Waals surface area contributed by atoms with Gasteiger partial charge < -0.3 is 19.9 Å². The van der Waals surface area contributed by atoms with Gasteiger partial charge in [0.25, 0.3) is 0 Å². The molecule has 0 aliphatic carbocycles. The first kappa shape index (κ1) is 22.8. The summed E-state index contributed by atoms with van der Waals surface area (Å²) in [5.74, 6) is 0. The summed E-state index contributed by atoms with van der Waals surface area (Å²) in [4.78, 5) is 25.4. The Hall–Kier alpha value is -2.65. The molecule has 5 nitrogen and oxygen atoms in total. The Bertz CT molecular complexity index is 1440. The molecule has 0 spiro atoms. The van der Waals surface area contributed by atoms with Gasteiger partial charge in [0.2, 0.25) is 5.56 Å². The minimum Gasteiger partial charge on any atom is -0.380 e. The Labute approximate surface area is 216 Å². The number of pyridine rings is 1. The highest BCUT2D eigenvalue weighted by Gasteiger charge is 2.22. The van der Waals surface area contributed by atoms with Crippen LogP contribution in [0.3, 0.4) is 0 Å². The van der Waals surface area contributed by atoms with Crippen molar-refractivity contribution in [3.63, 3.8) is 0 Å². The predicted octanol–water partition coefficient (Wildman–Crippen LogP) is 6.48. The number of benzene rings is 2. The molecular weight excluding hydrogens is 495 g/mol. The highest BCUT2D eigenvalue weighted by Crippen LogP contribution is 2.52. The number of nitrogens with one attached hydrogen (secondary N) is 2. The van der Waals surface area contributed by atoms with Gasteiger partial charge in [-0.15, -0.1) is 11.3 Å². The minimum absolute atomic E-state index is 0.0768. The summed E-state index contributed by atoms with van der Waals surface area (Å²) in [5, 5.41) is 3.56. The van der Waals surface area contributed by atoms with E-state index in [-0.39, 0.29) is 5.56 Å². The Morgan fingerprint density at radius 2 is 1.86 bits per heavy atom. The second kappa shape index (κ2) is 9.78. The second-order valence-electron chi connectivity index (χ2n) is 8.58. The van der Waals surface area contributed by atoms with Crippen molar-refractivity contribution in [2.24, 2.45) is 0 Å². The van der Waals surface area contributed by atoms with E-state index in [2.05, 4.69) is 76.7 Å². The number of fused-ring (bicyclic) bond motifs is 2. The number of thiophene rings is 1. The fraction of sp³-hybridized carbons (Fsp3) is 0.222. The molecule has 0 amide bonds. The van der Waals surface area contributed by atoms with Gasteiger partial charge in [0.05, 0.1) is 18.9 Å². The van der Waals surface area contributed by atoms with Crippen LogP contribution in [0, 0.1) is 6.92 Å². The van der Waals surface area contributed by atoms with Crippen LogP contribution in [0.25, 0.3) is 11.3 Å². The zero-order valence-electron chi connectivity index (χ0n) is 19.3. The molecule has 6 rings (SSSR count). The first-order chi connectivity index (χ1) is 17.1. The van der Waals surface area contributed by atoms with Crippen molar-refractivity contribution in [3.8, 4) is 11.3 Å². The molecule has 1 saturated heterocycles. The third kappa shape index (κ3) is 4.89. The zero-order chi connectivity index (χ0) is 23.8. The molecule has 8 heteroatoms. The van der Waals surface area contributed by atoms with Gasteiger partial charge in [-0.3, -0.25) is 4.79 Å². The third-order valence-electron chi connectivity index (χ3n) is 6.11. The van der Waals surface area contributed by atoms with Crippen molar-refractivity contribution in [2.45, 2.75) is 33.1 Å². The number of ether oxygens (including phenoxy) is 1. The van der Waals surface area contributed by atoms with E-state index >= 15 is 0 Å². The Balaban J connectivity index is 1.27. The molecule has 4 aromatic rings. The maximum absolute atomic E-state index is 12.6. The summed E-state index contributed by atoms with van der Waals surface area (Å²) >= 11 is 5.40. The van der Waals surface area contributed by atoms with Crippen LogP contribution < -0.4 is 15.8 Å². The number of anilines is 2. The van der Waals surface area contributed by atoms with Gasteiger partial charge >= 0.3 is 0 Å². The molecular formula is C27H25N3O2S3. The lowest BCUT2D eigenvalue weighted by Gasteiger charge is -2.29. The molecule has 1 fully saturated rings. The van der Waals surface area contributed by atoms with Gasteiger partial charge in [0.15, 0.2) is 0 Å². The number of hydrogen-bond donors (Lipinski definition) is 2. The molecule has 2 aliphatic rings. The number of nitrogens with zero attached hydrogens (tertiary/aromatic N) is 1. The average Bonchev–Trinajstić information content (AvgIpc) is 3.31. The van der Waals surface area contributed by atoms with E-state index in [1.54, 1.807) is 29.6 Å². The lowest BCUT2D eigenvalue weighted by molar-refractivity contribution is 0.122. The van der Waals surface area contributed by atoms with E-state index in [9.17, 15) is 4.79 Å². The summed E-state index contributed by atoms with van der Waals surface area (Å²) < 4.78 is 5.48. The summed E-state index contributed by atoms with van der Waals surface area (Å²) in [6.07, 6.45) is 0. The lowest BCUT2D eigenvalue weighted by atomic mass is 10.1. The van der Waals surface area contributed by atoms with E-state index < -0.39 is 0 Å². The molecule has 0 unspecified atom stereocenters. The van der Waals surface area contributed by atoms with Gasteiger partial charge in [0, 0.05) is 72.0 Å². The van der Waals surface area contributed by atoms with E-state index in [0.29, 0.717) is 13.2 Å².